The first kappa shape index (κ1) is 16.0. The average molecular weight is 347 g/mol. The number of aryl methyl sites for hydroxylation is 2. The molecule has 2 heterocycles. The molecule has 7 heteroatoms. The molecule has 0 spiro atoms. The van der Waals surface area contributed by atoms with Gasteiger partial charge < -0.3 is 9.88 Å². The van der Waals surface area contributed by atoms with E-state index in [0.29, 0.717) is 17.1 Å². The highest BCUT2D eigenvalue weighted by Gasteiger charge is 2.21. The lowest BCUT2D eigenvalue weighted by Crippen LogP contribution is -2.20. The van der Waals surface area contributed by atoms with Crippen LogP contribution in [0.4, 0.5) is 5.00 Å². The molecule has 0 atom stereocenters. The Balaban J connectivity index is 1.70. The highest BCUT2D eigenvalue weighted by Crippen LogP contribution is 2.37. The van der Waals surface area contributed by atoms with Crippen LogP contribution >= 0.6 is 22.7 Å². The lowest BCUT2D eigenvalue weighted by molar-refractivity contribution is -0.116. The molecule has 0 saturated carbocycles. The first-order valence-corrected chi connectivity index (χ1v) is 9.29. The first-order valence-electron chi connectivity index (χ1n) is 7.59. The molecule has 1 aliphatic rings. The summed E-state index contributed by atoms with van der Waals surface area (Å²) in [6.45, 7) is 2.23. The fourth-order valence-electron chi connectivity index (χ4n) is 2.85. The van der Waals surface area contributed by atoms with Gasteiger partial charge in [0, 0.05) is 28.9 Å². The fourth-order valence-corrected chi connectivity index (χ4v) is 4.87. The highest BCUT2D eigenvalue weighted by atomic mass is 32.1. The summed E-state index contributed by atoms with van der Waals surface area (Å²) < 4.78 is 1.61. The van der Waals surface area contributed by atoms with Crippen LogP contribution in [-0.2, 0) is 24.2 Å². The zero-order chi connectivity index (χ0) is 16.4. The summed E-state index contributed by atoms with van der Waals surface area (Å²) >= 11 is 2.67. The summed E-state index contributed by atoms with van der Waals surface area (Å²) in [4.78, 5) is 25.0. The van der Waals surface area contributed by atoms with Gasteiger partial charge in [-0.05, 0) is 38.2 Å². The molecule has 3 rings (SSSR count). The van der Waals surface area contributed by atoms with Crippen LogP contribution in [0.25, 0.3) is 0 Å². The van der Waals surface area contributed by atoms with Crippen LogP contribution < -0.4 is 10.2 Å². The minimum atomic E-state index is -0.155. The number of carbonyl (C=O) groups excluding carboxylic acids is 1. The number of anilines is 1. The molecule has 0 aliphatic heterocycles. The number of thiophene rings is 1. The summed E-state index contributed by atoms with van der Waals surface area (Å²) in [6, 6.07) is 2.24. The molecule has 0 saturated heterocycles. The van der Waals surface area contributed by atoms with Crippen molar-refractivity contribution in [1.82, 2.24) is 4.57 Å². The average Bonchev–Trinajstić information content (AvgIpc) is 3.05. The number of carbonyl (C=O) groups is 1. The number of hydrogen-bond donors (Lipinski definition) is 1. The summed E-state index contributed by atoms with van der Waals surface area (Å²) in [6.07, 6.45) is 4.39. The number of nitriles is 1. The zero-order valence-electron chi connectivity index (χ0n) is 12.8. The number of amides is 1. The van der Waals surface area contributed by atoms with Gasteiger partial charge in [0.05, 0.1) is 5.56 Å². The molecule has 1 N–H and O–H groups in total. The maximum Gasteiger partial charge on any atom is 0.307 e. The van der Waals surface area contributed by atoms with Crippen LogP contribution in [0.1, 0.15) is 41.0 Å². The monoisotopic (exact) mass is 347 g/mol. The molecule has 1 aliphatic carbocycles. The lowest BCUT2D eigenvalue weighted by atomic mass is 9.96. The number of nitrogens with one attached hydrogen (secondary N) is 1. The lowest BCUT2D eigenvalue weighted by Gasteiger charge is -2.09. The van der Waals surface area contributed by atoms with Gasteiger partial charge in [-0.15, -0.1) is 11.3 Å². The summed E-state index contributed by atoms with van der Waals surface area (Å²) in [5, 5.41) is 14.7. The summed E-state index contributed by atoms with van der Waals surface area (Å²) in [7, 11) is 0. The van der Waals surface area contributed by atoms with Gasteiger partial charge in [0.15, 0.2) is 0 Å². The normalized spacial score (nSPS) is 13.4. The Morgan fingerprint density at radius 3 is 2.91 bits per heavy atom. The topological polar surface area (TPSA) is 74.9 Å². The Kier molecular flexibility index (Phi) is 4.64. The molecule has 120 valence electrons. The zero-order valence-corrected chi connectivity index (χ0v) is 14.5. The third-order valence-corrected chi connectivity index (χ3v) is 6.16. The van der Waals surface area contributed by atoms with E-state index in [0.717, 1.165) is 48.3 Å². The molecule has 0 bridgehead atoms. The summed E-state index contributed by atoms with van der Waals surface area (Å²) in [5.74, 6) is -0.155. The van der Waals surface area contributed by atoms with Crippen molar-refractivity contribution in [2.24, 2.45) is 0 Å². The smallest absolute Gasteiger partial charge is 0.307 e. The van der Waals surface area contributed by atoms with E-state index in [4.69, 9.17) is 0 Å². The molecular formula is C16H17N3O2S2. The van der Waals surface area contributed by atoms with E-state index in [-0.39, 0.29) is 17.2 Å². The van der Waals surface area contributed by atoms with Gasteiger partial charge >= 0.3 is 4.87 Å². The predicted octanol–water partition coefficient (Wildman–Crippen LogP) is 3.06. The molecule has 2 aromatic rings. The van der Waals surface area contributed by atoms with Crippen LogP contribution in [0.3, 0.4) is 0 Å². The molecule has 23 heavy (non-hydrogen) atoms. The number of rotatable bonds is 4. The largest absolute Gasteiger partial charge is 0.317 e. The van der Waals surface area contributed by atoms with E-state index < -0.39 is 0 Å². The Morgan fingerprint density at radius 1 is 1.43 bits per heavy atom. The molecule has 1 amide bonds. The maximum atomic E-state index is 12.2. The Hall–Kier alpha value is -1.91. The van der Waals surface area contributed by atoms with Gasteiger partial charge in [-0.2, -0.15) is 5.26 Å². The highest BCUT2D eigenvalue weighted by molar-refractivity contribution is 7.16. The van der Waals surface area contributed by atoms with Gasteiger partial charge in [-0.25, -0.2) is 0 Å². The number of nitrogens with zero attached hydrogens (tertiary/aromatic N) is 2. The summed E-state index contributed by atoms with van der Waals surface area (Å²) in [5.41, 5.74) is 2.61. The van der Waals surface area contributed by atoms with Crippen molar-refractivity contribution in [3.05, 3.63) is 36.7 Å². The number of aromatic nitrogens is 1. The molecular weight excluding hydrogens is 330 g/mol. The van der Waals surface area contributed by atoms with Gasteiger partial charge in [-0.3, -0.25) is 9.59 Å². The third-order valence-electron chi connectivity index (χ3n) is 4.07. The minimum absolute atomic E-state index is 0.0420. The molecule has 0 radical (unpaired) electrons. The van der Waals surface area contributed by atoms with E-state index in [1.54, 1.807) is 9.95 Å². The standard InChI is InChI=1S/C16H17N3O2S2/c1-10-9-22-16(21)19(10)7-6-14(20)18-15-12(8-17)11-4-2-3-5-13(11)23-15/h9H,2-7H2,1H3,(H,18,20). The van der Waals surface area contributed by atoms with Crippen molar-refractivity contribution >= 4 is 33.6 Å². The van der Waals surface area contributed by atoms with Crippen molar-refractivity contribution in [3.8, 4) is 6.07 Å². The third kappa shape index (κ3) is 3.23. The quantitative estimate of drug-likeness (QED) is 0.923. The van der Waals surface area contributed by atoms with Crippen molar-refractivity contribution < 1.29 is 4.79 Å². The Labute approximate surface area is 142 Å². The second kappa shape index (κ2) is 6.69. The van der Waals surface area contributed by atoms with Crippen LogP contribution in [0, 0.1) is 18.3 Å². The molecule has 2 aromatic heterocycles. The van der Waals surface area contributed by atoms with Crippen LogP contribution in [0.15, 0.2) is 10.2 Å². The maximum absolute atomic E-state index is 12.2. The number of thiazole rings is 1. The van der Waals surface area contributed by atoms with E-state index in [9.17, 15) is 14.9 Å². The molecule has 5 nitrogen and oxygen atoms in total. The number of fused-ring (bicyclic) bond motifs is 1. The van der Waals surface area contributed by atoms with Crippen molar-refractivity contribution in [1.29, 1.82) is 5.26 Å². The Morgan fingerprint density at radius 2 is 2.22 bits per heavy atom. The second-order valence-corrected chi connectivity index (χ2v) is 7.55. The number of hydrogen-bond acceptors (Lipinski definition) is 5. The molecule has 0 aromatic carbocycles. The van der Waals surface area contributed by atoms with Gasteiger partial charge in [0.1, 0.15) is 11.1 Å². The SMILES string of the molecule is Cc1csc(=O)n1CCC(=O)Nc1sc2c(c1C#N)CCCC2. The van der Waals surface area contributed by atoms with Crippen molar-refractivity contribution in [2.45, 2.75) is 45.6 Å². The van der Waals surface area contributed by atoms with E-state index >= 15 is 0 Å². The second-order valence-electron chi connectivity index (χ2n) is 5.62. The van der Waals surface area contributed by atoms with E-state index in [1.165, 1.54) is 16.2 Å². The van der Waals surface area contributed by atoms with Crippen LogP contribution in [0.2, 0.25) is 0 Å². The Bertz CT molecular complexity index is 839. The first-order chi connectivity index (χ1) is 11.1. The van der Waals surface area contributed by atoms with E-state index in [2.05, 4.69) is 11.4 Å². The van der Waals surface area contributed by atoms with Crippen LogP contribution in [-0.4, -0.2) is 10.5 Å². The van der Waals surface area contributed by atoms with Gasteiger partial charge in [0.2, 0.25) is 5.91 Å². The van der Waals surface area contributed by atoms with Crippen molar-refractivity contribution in [2.75, 3.05) is 5.32 Å². The predicted molar refractivity (Wildman–Crippen MR) is 92.2 cm³/mol. The fraction of sp³-hybridized carbons (Fsp3) is 0.438. The van der Waals surface area contributed by atoms with Crippen molar-refractivity contribution in [3.63, 3.8) is 0 Å². The molecule has 0 fully saturated rings. The minimum Gasteiger partial charge on any atom is -0.317 e. The van der Waals surface area contributed by atoms with Gasteiger partial charge in [0.25, 0.3) is 0 Å². The van der Waals surface area contributed by atoms with Crippen LogP contribution in [0.5, 0.6) is 0 Å². The van der Waals surface area contributed by atoms with Gasteiger partial charge in [-0.1, -0.05) is 11.3 Å². The molecule has 0 unspecified atom stereocenters. The van der Waals surface area contributed by atoms with E-state index in [1.807, 2.05) is 6.92 Å².